The van der Waals surface area contributed by atoms with E-state index in [-0.39, 0.29) is 6.04 Å². The van der Waals surface area contributed by atoms with Gasteiger partial charge in [0.1, 0.15) is 0 Å². The molecule has 2 N–H and O–H groups in total. The van der Waals surface area contributed by atoms with Crippen LogP contribution in [0.2, 0.25) is 0 Å². The number of hydrogen-bond donors (Lipinski definition) is 1. The van der Waals surface area contributed by atoms with Crippen LogP contribution in [0.1, 0.15) is 31.5 Å². The molecule has 0 radical (unpaired) electrons. The highest BCUT2D eigenvalue weighted by atomic mass is 32.2. The number of nitrogens with two attached hydrogens (primary N) is 1. The molecule has 3 unspecified atom stereocenters. The van der Waals surface area contributed by atoms with Crippen LogP contribution in [0, 0.1) is 0 Å². The third kappa shape index (κ3) is 4.14. The van der Waals surface area contributed by atoms with Crippen LogP contribution in [0.3, 0.4) is 0 Å². The van der Waals surface area contributed by atoms with Crippen molar-refractivity contribution in [3.05, 3.63) is 29.6 Å². The molecule has 19 heavy (non-hydrogen) atoms. The zero-order valence-corrected chi connectivity index (χ0v) is 13.5. The minimum absolute atomic E-state index is 0.225. The second-order valence-electron chi connectivity index (χ2n) is 5.03. The summed E-state index contributed by atoms with van der Waals surface area (Å²) in [4.78, 5) is 4.54. The molecule has 2 rings (SSSR count). The molecule has 2 heterocycles. The standard InChI is InChI=1S/C15H24N2S2/c1-3-11-5-6-12(17-10-11)9-13(16)15-14(4-2)18-7-8-19-15/h5-6,10,13-15H,3-4,7-9,16H2,1-2H3. The van der Waals surface area contributed by atoms with Gasteiger partial charge in [0.25, 0.3) is 0 Å². The summed E-state index contributed by atoms with van der Waals surface area (Å²) in [6.45, 7) is 4.43. The molecule has 1 aromatic heterocycles. The highest BCUT2D eigenvalue weighted by Crippen LogP contribution is 2.35. The van der Waals surface area contributed by atoms with E-state index in [1.54, 1.807) is 0 Å². The summed E-state index contributed by atoms with van der Waals surface area (Å²) in [5.41, 5.74) is 8.88. The van der Waals surface area contributed by atoms with Gasteiger partial charge in [-0.15, -0.1) is 0 Å². The summed E-state index contributed by atoms with van der Waals surface area (Å²) in [7, 11) is 0. The van der Waals surface area contributed by atoms with Crippen LogP contribution in [-0.4, -0.2) is 33.0 Å². The summed E-state index contributed by atoms with van der Waals surface area (Å²) >= 11 is 4.15. The summed E-state index contributed by atoms with van der Waals surface area (Å²) in [5.74, 6) is 2.51. The van der Waals surface area contributed by atoms with Gasteiger partial charge in [0.2, 0.25) is 0 Å². The average molecular weight is 297 g/mol. The third-order valence-electron chi connectivity index (χ3n) is 3.66. The van der Waals surface area contributed by atoms with Gasteiger partial charge < -0.3 is 5.73 Å². The minimum atomic E-state index is 0.225. The monoisotopic (exact) mass is 296 g/mol. The van der Waals surface area contributed by atoms with Gasteiger partial charge in [0.05, 0.1) is 0 Å². The Hall–Kier alpha value is -0.190. The van der Waals surface area contributed by atoms with Crippen molar-refractivity contribution in [1.29, 1.82) is 0 Å². The highest BCUT2D eigenvalue weighted by Gasteiger charge is 2.30. The topological polar surface area (TPSA) is 38.9 Å². The molecule has 0 amide bonds. The first-order valence-electron chi connectivity index (χ1n) is 7.17. The van der Waals surface area contributed by atoms with E-state index >= 15 is 0 Å². The maximum absolute atomic E-state index is 6.44. The van der Waals surface area contributed by atoms with E-state index in [4.69, 9.17) is 5.73 Å². The maximum atomic E-state index is 6.44. The fourth-order valence-corrected chi connectivity index (χ4v) is 5.67. The smallest absolute Gasteiger partial charge is 0.0419 e. The quantitative estimate of drug-likeness (QED) is 0.906. The summed E-state index contributed by atoms with van der Waals surface area (Å²) in [6.07, 6.45) is 5.16. The Balaban J connectivity index is 1.96. The van der Waals surface area contributed by atoms with E-state index in [2.05, 4.69) is 54.5 Å². The van der Waals surface area contributed by atoms with Crippen molar-refractivity contribution >= 4 is 23.5 Å². The van der Waals surface area contributed by atoms with Crippen LogP contribution in [-0.2, 0) is 12.8 Å². The largest absolute Gasteiger partial charge is 0.326 e. The zero-order chi connectivity index (χ0) is 13.7. The van der Waals surface area contributed by atoms with Gasteiger partial charge in [-0.05, 0) is 24.5 Å². The van der Waals surface area contributed by atoms with Gasteiger partial charge in [-0.3, -0.25) is 4.98 Å². The Morgan fingerprint density at radius 2 is 2.11 bits per heavy atom. The van der Waals surface area contributed by atoms with E-state index in [9.17, 15) is 0 Å². The molecule has 0 saturated carbocycles. The molecule has 0 bridgehead atoms. The van der Waals surface area contributed by atoms with Crippen LogP contribution in [0.5, 0.6) is 0 Å². The van der Waals surface area contributed by atoms with Gasteiger partial charge in [0, 0.05) is 46.4 Å². The Labute approximate surface area is 125 Å². The maximum Gasteiger partial charge on any atom is 0.0419 e. The first-order chi connectivity index (χ1) is 9.24. The molecule has 1 aliphatic heterocycles. The van der Waals surface area contributed by atoms with E-state index in [0.717, 1.165) is 18.5 Å². The molecule has 0 spiro atoms. The lowest BCUT2D eigenvalue weighted by Gasteiger charge is -2.34. The van der Waals surface area contributed by atoms with Gasteiger partial charge >= 0.3 is 0 Å². The molecular formula is C15H24N2S2. The highest BCUT2D eigenvalue weighted by molar-refractivity contribution is 8.07. The minimum Gasteiger partial charge on any atom is -0.326 e. The number of pyridine rings is 1. The van der Waals surface area contributed by atoms with Gasteiger partial charge in [-0.2, -0.15) is 23.5 Å². The van der Waals surface area contributed by atoms with Crippen molar-refractivity contribution in [3.63, 3.8) is 0 Å². The Morgan fingerprint density at radius 1 is 1.32 bits per heavy atom. The molecule has 3 atom stereocenters. The van der Waals surface area contributed by atoms with E-state index in [1.165, 1.54) is 23.5 Å². The van der Waals surface area contributed by atoms with E-state index in [0.29, 0.717) is 10.5 Å². The van der Waals surface area contributed by atoms with E-state index < -0.39 is 0 Å². The van der Waals surface area contributed by atoms with Crippen LogP contribution < -0.4 is 5.73 Å². The molecule has 0 aromatic carbocycles. The second kappa shape index (κ2) is 7.55. The molecule has 0 aliphatic carbocycles. The average Bonchev–Trinajstić information content (AvgIpc) is 2.48. The zero-order valence-electron chi connectivity index (χ0n) is 11.8. The lowest BCUT2D eigenvalue weighted by atomic mass is 10.0. The summed E-state index contributed by atoms with van der Waals surface area (Å²) in [5, 5.41) is 1.29. The molecule has 1 aliphatic rings. The van der Waals surface area contributed by atoms with Crippen molar-refractivity contribution in [1.82, 2.24) is 4.98 Å². The van der Waals surface area contributed by atoms with Crippen LogP contribution in [0.4, 0.5) is 0 Å². The second-order valence-corrected chi connectivity index (χ2v) is 7.67. The summed E-state index contributed by atoms with van der Waals surface area (Å²) < 4.78 is 0. The van der Waals surface area contributed by atoms with E-state index in [1.807, 2.05) is 6.20 Å². The Kier molecular flexibility index (Phi) is 6.05. The first-order valence-corrected chi connectivity index (χ1v) is 9.27. The lowest BCUT2D eigenvalue weighted by molar-refractivity contribution is 0.591. The number of nitrogens with zero attached hydrogens (tertiary/aromatic N) is 1. The normalized spacial score (nSPS) is 25.2. The van der Waals surface area contributed by atoms with Crippen molar-refractivity contribution in [2.24, 2.45) is 5.73 Å². The SMILES string of the molecule is CCc1ccc(CC(N)C2SCCSC2CC)nc1. The Bertz CT molecular complexity index is 380. The molecule has 1 fully saturated rings. The van der Waals surface area contributed by atoms with Crippen molar-refractivity contribution in [3.8, 4) is 0 Å². The third-order valence-corrected chi connectivity index (χ3v) is 7.08. The summed E-state index contributed by atoms with van der Waals surface area (Å²) in [6, 6.07) is 4.54. The molecule has 106 valence electrons. The number of rotatable bonds is 5. The van der Waals surface area contributed by atoms with Crippen molar-refractivity contribution in [2.45, 2.75) is 49.7 Å². The van der Waals surface area contributed by atoms with Crippen LogP contribution in [0.25, 0.3) is 0 Å². The fourth-order valence-electron chi connectivity index (χ4n) is 2.48. The van der Waals surface area contributed by atoms with Crippen molar-refractivity contribution in [2.75, 3.05) is 11.5 Å². The molecule has 4 heteroatoms. The molecule has 1 aromatic rings. The number of hydrogen-bond acceptors (Lipinski definition) is 4. The van der Waals surface area contributed by atoms with Crippen LogP contribution in [0.15, 0.2) is 18.3 Å². The molecule has 1 saturated heterocycles. The Morgan fingerprint density at radius 3 is 2.74 bits per heavy atom. The number of thioether (sulfide) groups is 2. The lowest BCUT2D eigenvalue weighted by Crippen LogP contribution is -2.43. The number of aryl methyl sites for hydroxylation is 1. The number of aromatic nitrogens is 1. The molecule has 2 nitrogen and oxygen atoms in total. The van der Waals surface area contributed by atoms with Crippen LogP contribution >= 0.6 is 23.5 Å². The fraction of sp³-hybridized carbons (Fsp3) is 0.667. The van der Waals surface area contributed by atoms with Gasteiger partial charge in [-0.1, -0.05) is 19.9 Å². The van der Waals surface area contributed by atoms with Crippen molar-refractivity contribution < 1.29 is 0 Å². The molecular weight excluding hydrogens is 272 g/mol. The van der Waals surface area contributed by atoms with Gasteiger partial charge in [0.15, 0.2) is 0 Å². The predicted octanol–water partition coefficient (Wildman–Crippen LogP) is 3.14. The first kappa shape index (κ1) is 15.2. The van der Waals surface area contributed by atoms with Gasteiger partial charge in [-0.25, -0.2) is 0 Å². The predicted molar refractivity (Wildman–Crippen MR) is 88.1 cm³/mol.